The van der Waals surface area contributed by atoms with Crippen molar-refractivity contribution in [3.8, 4) is 11.1 Å². The van der Waals surface area contributed by atoms with Crippen molar-refractivity contribution in [2.24, 2.45) is 5.92 Å². The summed E-state index contributed by atoms with van der Waals surface area (Å²) in [4.78, 5) is 27.5. The Labute approximate surface area is 239 Å². The molecular formula is C30H36ClFN4O4. The molecule has 3 aromatic rings. The molecule has 0 unspecified atom stereocenters. The SMILES string of the molecule is Cc1noc(C)c1-c1ccc(N[C@@H]2CCN(C(=O)OC(C)(C)C)C2)c(NC(=O)[C@@H](C)Cc2ccc(Cl)c(F)c2)c1. The third-order valence-electron chi connectivity index (χ3n) is 6.77. The Morgan fingerprint density at radius 1 is 1.20 bits per heavy atom. The van der Waals surface area contributed by atoms with Gasteiger partial charge in [0.05, 0.1) is 22.1 Å². The maximum atomic E-state index is 13.9. The summed E-state index contributed by atoms with van der Waals surface area (Å²) in [5.41, 5.74) is 3.90. The molecule has 1 aliphatic heterocycles. The second-order valence-electron chi connectivity index (χ2n) is 11.4. The van der Waals surface area contributed by atoms with Gasteiger partial charge >= 0.3 is 6.09 Å². The first kappa shape index (κ1) is 29.4. The van der Waals surface area contributed by atoms with Crippen molar-refractivity contribution in [3.05, 3.63) is 64.3 Å². The van der Waals surface area contributed by atoms with Crippen LogP contribution in [-0.2, 0) is 16.0 Å². The molecule has 4 rings (SSSR count). The predicted octanol–water partition coefficient (Wildman–Crippen LogP) is 6.99. The summed E-state index contributed by atoms with van der Waals surface area (Å²) in [5, 5.41) is 10.7. The van der Waals surface area contributed by atoms with E-state index in [1.807, 2.05) is 52.8 Å². The maximum Gasteiger partial charge on any atom is 0.410 e. The molecule has 2 N–H and O–H groups in total. The monoisotopic (exact) mass is 570 g/mol. The largest absolute Gasteiger partial charge is 0.444 e. The van der Waals surface area contributed by atoms with E-state index in [1.54, 1.807) is 17.9 Å². The molecule has 2 aromatic carbocycles. The minimum absolute atomic E-state index is 0.0254. The van der Waals surface area contributed by atoms with Gasteiger partial charge in [0.25, 0.3) is 0 Å². The Morgan fingerprint density at radius 2 is 1.95 bits per heavy atom. The lowest BCUT2D eigenvalue weighted by molar-refractivity contribution is -0.119. The molecule has 0 spiro atoms. The summed E-state index contributed by atoms with van der Waals surface area (Å²) in [6.07, 6.45) is 0.739. The zero-order valence-electron chi connectivity index (χ0n) is 23.7. The number of nitrogens with one attached hydrogen (secondary N) is 2. The van der Waals surface area contributed by atoms with E-state index in [4.69, 9.17) is 20.9 Å². The molecule has 2 atom stereocenters. The first-order valence-electron chi connectivity index (χ1n) is 13.4. The molecule has 1 saturated heterocycles. The quantitative estimate of drug-likeness (QED) is 0.318. The molecule has 2 heterocycles. The minimum atomic E-state index is -0.567. The first-order valence-corrected chi connectivity index (χ1v) is 13.7. The van der Waals surface area contributed by atoms with Crippen LogP contribution < -0.4 is 10.6 Å². The number of benzene rings is 2. The number of halogens is 2. The lowest BCUT2D eigenvalue weighted by Gasteiger charge is -2.25. The third kappa shape index (κ3) is 7.13. The molecule has 0 radical (unpaired) electrons. The van der Waals surface area contributed by atoms with Crippen LogP contribution in [0.4, 0.5) is 20.6 Å². The molecule has 1 aromatic heterocycles. The van der Waals surface area contributed by atoms with Crippen LogP contribution in [0.5, 0.6) is 0 Å². The fraction of sp³-hybridized carbons (Fsp3) is 0.433. The van der Waals surface area contributed by atoms with Gasteiger partial charge in [-0.05, 0) is 82.9 Å². The Kier molecular flexibility index (Phi) is 8.73. The molecule has 1 aliphatic rings. The topological polar surface area (TPSA) is 96.7 Å². The standard InChI is InChI=1S/C30H36ClFN4O4/c1-17(13-20-7-9-23(31)24(32)14-20)28(37)34-26-15-21(27-18(2)35-40-19(27)3)8-10-25(26)33-22-11-12-36(16-22)29(38)39-30(4,5)6/h7-10,14-15,17,22,33H,11-13,16H2,1-6H3,(H,34,37)/t17-,22+/m0/s1. The van der Waals surface area contributed by atoms with Gasteiger partial charge in [0.15, 0.2) is 0 Å². The van der Waals surface area contributed by atoms with E-state index in [1.165, 1.54) is 12.1 Å². The summed E-state index contributed by atoms with van der Waals surface area (Å²) in [6.45, 7) is 12.1. The summed E-state index contributed by atoms with van der Waals surface area (Å²) in [7, 11) is 0. The number of carbonyl (C=O) groups excluding carboxylic acids is 2. The van der Waals surface area contributed by atoms with Crippen LogP contribution in [0.2, 0.25) is 5.02 Å². The van der Waals surface area contributed by atoms with Crippen LogP contribution >= 0.6 is 11.6 Å². The smallest absolute Gasteiger partial charge is 0.410 e. The van der Waals surface area contributed by atoms with Crippen molar-refractivity contribution in [2.75, 3.05) is 23.7 Å². The van der Waals surface area contributed by atoms with Gasteiger partial charge in [-0.25, -0.2) is 9.18 Å². The Hall–Kier alpha value is -3.59. The average molecular weight is 571 g/mol. The number of likely N-dealkylation sites (tertiary alicyclic amines) is 1. The Morgan fingerprint density at radius 3 is 2.60 bits per heavy atom. The van der Waals surface area contributed by atoms with Crippen molar-refractivity contribution in [2.45, 2.75) is 66.0 Å². The van der Waals surface area contributed by atoms with Crippen molar-refractivity contribution in [3.63, 3.8) is 0 Å². The van der Waals surface area contributed by atoms with E-state index in [9.17, 15) is 14.0 Å². The highest BCUT2D eigenvalue weighted by Gasteiger charge is 2.30. The molecule has 10 heteroatoms. The van der Waals surface area contributed by atoms with Crippen molar-refractivity contribution in [1.82, 2.24) is 10.1 Å². The fourth-order valence-electron chi connectivity index (χ4n) is 4.78. The number of hydrogen-bond donors (Lipinski definition) is 2. The van der Waals surface area contributed by atoms with Crippen molar-refractivity contribution < 1.29 is 23.2 Å². The Bertz CT molecular complexity index is 1380. The molecule has 0 saturated carbocycles. The number of ether oxygens (including phenoxy) is 1. The van der Waals surface area contributed by atoms with Gasteiger partial charge in [0, 0.05) is 30.6 Å². The normalized spacial score (nSPS) is 16.1. The summed E-state index contributed by atoms with van der Waals surface area (Å²) < 4.78 is 24.8. The number of anilines is 2. The number of carbonyl (C=O) groups is 2. The molecule has 1 fully saturated rings. The van der Waals surface area contributed by atoms with E-state index in [0.717, 1.165) is 28.9 Å². The number of rotatable bonds is 7. The molecule has 0 bridgehead atoms. The van der Waals surface area contributed by atoms with Gasteiger partial charge in [-0.2, -0.15) is 0 Å². The lowest BCUT2D eigenvalue weighted by Crippen LogP contribution is -2.36. The molecule has 2 amide bonds. The van der Waals surface area contributed by atoms with Crippen LogP contribution in [0.3, 0.4) is 0 Å². The van der Waals surface area contributed by atoms with Gasteiger partial charge < -0.3 is 24.8 Å². The highest BCUT2D eigenvalue weighted by Crippen LogP contribution is 2.34. The van der Waals surface area contributed by atoms with Crippen LogP contribution in [0, 0.1) is 25.6 Å². The molecule has 214 valence electrons. The highest BCUT2D eigenvalue weighted by molar-refractivity contribution is 6.30. The summed E-state index contributed by atoms with van der Waals surface area (Å²) >= 11 is 5.81. The van der Waals surface area contributed by atoms with Gasteiger partial charge in [-0.1, -0.05) is 35.8 Å². The van der Waals surface area contributed by atoms with Crippen LogP contribution in [-0.4, -0.2) is 46.8 Å². The van der Waals surface area contributed by atoms with E-state index in [0.29, 0.717) is 36.5 Å². The minimum Gasteiger partial charge on any atom is -0.444 e. The highest BCUT2D eigenvalue weighted by atomic mass is 35.5. The number of nitrogens with zero attached hydrogens (tertiary/aromatic N) is 2. The van der Waals surface area contributed by atoms with Gasteiger partial charge in [-0.3, -0.25) is 4.79 Å². The fourth-order valence-corrected chi connectivity index (χ4v) is 4.90. The van der Waals surface area contributed by atoms with Gasteiger partial charge in [0.2, 0.25) is 5.91 Å². The second kappa shape index (κ2) is 11.9. The van der Waals surface area contributed by atoms with Crippen LogP contribution in [0.25, 0.3) is 11.1 Å². The maximum absolute atomic E-state index is 13.9. The third-order valence-corrected chi connectivity index (χ3v) is 7.08. The average Bonchev–Trinajstić information content (AvgIpc) is 3.47. The van der Waals surface area contributed by atoms with Gasteiger partial charge in [-0.15, -0.1) is 0 Å². The zero-order chi connectivity index (χ0) is 29.2. The first-order chi connectivity index (χ1) is 18.8. The molecule has 8 nitrogen and oxygen atoms in total. The number of aryl methyl sites for hydroxylation is 2. The van der Waals surface area contributed by atoms with E-state index < -0.39 is 17.3 Å². The van der Waals surface area contributed by atoms with Gasteiger partial charge in [0.1, 0.15) is 17.2 Å². The summed E-state index contributed by atoms with van der Waals surface area (Å²) in [5.74, 6) is -0.485. The number of hydrogen-bond acceptors (Lipinski definition) is 6. The molecule has 0 aliphatic carbocycles. The van der Waals surface area contributed by atoms with E-state index in [-0.39, 0.29) is 23.1 Å². The van der Waals surface area contributed by atoms with Crippen LogP contribution in [0.15, 0.2) is 40.9 Å². The zero-order valence-corrected chi connectivity index (χ0v) is 24.5. The van der Waals surface area contributed by atoms with Crippen LogP contribution in [0.1, 0.15) is 51.1 Å². The number of amides is 2. The van der Waals surface area contributed by atoms with Crippen molar-refractivity contribution in [1.29, 1.82) is 0 Å². The lowest BCUT2D eigenvalue weighted by atomic mass is 9.99. The van der Waals surface area contributed by atoms with Crippen molar-refractivity contribution >= 4 is 35.0 Å². The number of aromatic nitrogens is 1. The predicted molar refractivity (Wildman–Crippen MR) is 154 cm³/mol. The van der Waals surface area contributed by atoms with E-state index >= 15 is 0 Å². The Balaban J connectivity index is 1.54. The molecule has 40 heavy (non-hydrogen) atoms. The second-order valence-corrected chi connectivity index (χ2v) is 11.8. The summed E-state index contributed by atoms with van der Waals surface area (Å²) in [6, 6.07) is 10.3. The molecular weight excluding hydrogens is 535 g/mol. The van der Waals surface area contributed by atoms with E-state index in [2.05, 4.69) is 15.8 Å².